The Morgan fingerprint density at radius 2 is 1.70 bits per heavy atom. The highest BCUT2D eigenvalue weighted by molar-refractivity contribution is 5.92. The molecule has 0 spiro atoms. The zero-order chi connectivity index (χ0) is 19.5. The van der Waals surface area contributed by atoms with Crippen LogP contribution in [0.4, 0.5) is 5.69 Å². The van der Waals surface area contributed by atoms with Crippen LogP contribution in [0.5, 0.6) is 11.5 Å². The molecule has 144 valence electrons. The second-order valence-electron chi connectivity index (χ2n) is 5.73. The second-order valence-corrected chi connectivity index (χ2v) is 5.73. The topological polar surface area (TPSA) is 85.9 Å². The monoisotopic (exact) mass is 372 g/mol. The number of rotatable bonds is 10. The number of carbonyl (C=O) groups is 2. The van der Waals surface area contributed by atoms with Crippen LogP contribution in [-0.2, 0) is 20.7 Å². The minimum atomic E-state index is -0.275. The van der Waals surface area contributed by atoms with Crippen LogP contribution in [-0.4, -0.2) is 45.8 Å². The van der Waals surface area contributed by atoms with Crippen LogP contribution in [0.1, 0.15) is 5.56 Å². The first-order chi connectivity index (χ1) is 13.1. The molecule has 0 aliphatic heterocycles. The molecule has 7 heteroatoms. The van der Waals surface area contributed by atoms with E-state index in [2.05, 4.69) is 10.6 Å². The Hall–Kier alpha value is -3.06. The summed E-state index contributed by atoms with van der Waals surface area (Å²) in [5.41, 5.74) is 1.49. The van der Waals surface area contributed by atoms with Gasteiger partial charge in [-0.15, -0.1) is 0 Å². The van der Waals surface area contributed by atoms with Gasteiger partial charge in [0.1, 0.15) is 11.5 Å². The Balaban J connectivity index is 1.77. The summed E-state index contributed by atoms with van der Waals surface area (Å²) in [6.07, 6.45) is 0.275. The number of ether oxygens (including phenoxy) is 3. The summed E-state index contributed by atoms with van der Waals surface area (Å²) < 4.78 is 15.4. The minimum Gasteiger partial charge on any atom is -0.497 e. The lowest BCUT2D eigenvalue weighted by Gasteiger charge is -2.09. The highest BCUT2D eigenvalue weighted by atomic mass is 16.5. The van der Waals surface area contributed by atoms with Crippen molar-refractivity contribution < 1.29 is 23.8 Å². The normalized spacial score (nSPS) is 10.1. The quantitative estimate of drug-likeness (QED) is 0.623. The Kier molecular flexibility index (Phi) is 8.12. The molecule has 2 amide bonds. The van der Waals surface area contributed by atoms with Crippen LogP contribution in [0, 0.1) is 0 Å². The molecular formula is C20H24N2O5. The molecule has 0 saturated carbocycles. The van der Waals surface area contributed by atoms with Crippen LogP contribution in [0.15, 0.2) is 48.5 Å². The first kappa shape index (κ1) is 20.3. The van der Waals surface area contributed by atoms with Gasteiger partial charge in [-0.05, 0) is 29.8 Å². The predicted molar refractivity (Wildman–Crippen MR) is 102 cm³/mol. The number of methoxy groups -OCH3 is 2. The summed E-state index contributed by atoms with van der Waals surface area (Å²) >= 11 is 0. The lowest BCUT2D eigenvalue weighted by Crippen LogP contribution is -2.28. The summed E-state index contributed by atoms with van der Waals surface area (Å²) in [6, 6.07) is 14.1. The molecule has 2 aromatic carbocycles. The average Bonchev–Trinajstić information content (AvgIpc) is 2.68. The van der Waals surface area contributed by atoms with E-state index in [0.29, 0.717) is 30.3 Å². The van der Waals surface area contributed by atoms with E-state index in [1.807, 2.05) is 0 Å². The SMILES string of the molecule is COCCNC(=O)Cc1ccc(NC(=O)COc2cccc(OC)c2)cc1. The van der Waals surface area contributed by atoms with Gasteiger partial charge in [0, 0.05) is 25.4 Å². The third kappa shape index (κ3) is 7.37. The molecule has 7 nitrogen and oxygen atoms in total. The van der Waals surface area contributed by atoms with Crippen LogP contribution in [0.2, 0.25) is 0 Å². The van der Waals surface area contributed by atoms with Crippen molar-refractivity contribution in [2.75, 3.05) is 39.3 Å². The van der Waals surface area contributed by atoms with E-state index in [-0.39, 0.29) is 24.8 Å². The molecule has 0 radical (unpaired) electrons. The van der Waals surface area contributed by atoms with Gasteiger partial charge in [-0.25, -0.2) is 0 Å². The minimum absolute atomic E-state index is 0.0736. The molecule has 27 heavy (non-hydrogen) atoms. The highest BCUT2D eigenvalue weighted by Crippen LogP contribution is 2.18. The molecule has 0 aliphatic rings. The standard InChI is InChI=1S/C20H24N2O5/c1-25-11-10-21-19(23)12-15-6-8-16(9-7-15)22-20(24)14-27-18-5-3-4-17(13-18)26-2/h3-9,13H,10-12,14H2,1-2H3,(H,21,23)(H,22,24). The van der Waals surface area contributed by atoms with Crippen molar-refractivity contribution in [1.82, 2.24) is 5.32 Å². The molecule has 0 bridgehead atoms. The van der Waals surface area contributed by atoms with E-state index in [1.54, 1.807) is 62.8 Å². The van der Waals surface area contributed by atoms with Gasteiger partial charge < -0.3 is 24.8 Å². The van der Waals surface area contributed by atoms with Crippen molar-refractivity contribution in [3.8, 4) is 11.5 Å². The van der Waals surface area contributed by atoms with Gasteiger partial charge in [-0.1, -0.05) is 18.2 Å². The maximum absolute atomic E-state index is 12.0. The molecule has 2 aromatic rings. The van der Waals surface area contributed by atoms with Gasteiger partial charge in [-0.2, -0.15) is 0 Å². The van der Waals surface area contributed by atoms with Crippen molar-refractivity contribution in [2.45, 2.75) is 6.42 Å². The third-order valence-corrected chi connectivity index (χ3v) is 3.64. The van der Waals surface area contributed by atoms with Crippen molar-refractivity contribution in [1.29, 1.82) is 0 Å². The average molecular weight is 372 g/mol. The fourth-order valence-electron chi connectivity index (χ4n) is 2.28. The maximum atomic E-state index is 12.0. The number of hydrogen-bond donors (Lipinski definition) is 2. The third-order valence-electron chi connectivity index (χ3n) is 3.64. The zero-order valence-electron chi connectivity index (χ0n) is 15.5. The molecule has 2 rings (SSSR count). The Morgan fingerprint density at radius 3 is 2.41 bits per heavy atom. The van der Waals surface area contributed by atoms with Gasteiger partial charge in [0.25, 0.3) is 5.91 Å². The summed E-state index contributed by atoms with van der Waals surface area (Å²) in [5.74, 6) is 0.868. The van der Waals surface area contributed by atoms with E-state index in [4.69, 9.17) is 14.2 Å². The Labute approximate surface area is 158 Å². The number of amides is 2. The van der Waals surface area contributed by atoms with Crippen molar-refractivity contribution >= 4 is 17.5 Å². The second kappa shape index (κ2) is 10.8. The van der Waals surface area contributed by atoms with Crippen LogP contribution in [0.25, 0.3) is 0 Å². The highest BCUT2D eigenvalue weighted by Gasteiger charge is 2.06. The van der Waals surface area contributed by atoms with Crippen LogP contribution in [0.3, 0.4) is 0 Å². The number of hydrogen-bond acceptors (Lipinski definition) is 5. The smallest absolute Gasteiger partial charge is 0.262 e. The lowest BCUT2D eigenvalue weighted by molar-refractivity contribution is -0.120. The van der Waals surface area contributed by atoms with E-state index in [9.17, 15) is 9.59 Å². The molecule has 0 aliphatic carbocycles. The molecule has 0 fully saturated rings. The zero-order valence-corrected chi connectivity index (χ0v) is 15.5. The number of anilines is 1. The van der Waals surface area contributed by atoms with Gasteiger partial charge in [0.2, 0.25) is 5.91 Å². The molecule has 0 atom stereocenters. The van der Waals surface area contributed by atoms with Gasteiger partial charge in [0.05, 0.1) is 20.1 Å². The van der Waals surface area contributed by atoms with Gasteiger partial charge in [0.15, 0.2) is 6.61 Å². The molecule has 0 saturated heterocycles. The summed E-state index contributed by atoms with van der Waals surface area (Å²) in [5, 5.41) is 5.51. The molecule has 0 unspecified atom stereocenters. The van der Waals surface area contributed by atoms with E-state index in [1.165, 1.54) is 0 Å². The summed E-state index contributed by atoms with van der Waals surface area (Å²) in [4.78, 5) is 23.8. The van der Waals surface area contributed by atoms with Crippen LogP contribution < -0.4 is 20.1 Å². The molecule has 0 heterocycles. The molecule has 0 aromatic heterocycles. The number of nitrogens with one attached hydrogen (secondary N) is 2. The predicted octanol–water partition coefficient (Wildman–Crippen LogP) is 2.02. The van der Waals surface area contributed by atoms with Crippen molar-refractivity contribution in [2.24, 2.45) is 0 Å². The van der Waals surface area contributed by atoms with E-state index < -0.39 is 0 Å². The number of carbonyl (C=O) groups excluding carboxylic acids is 2. The summed E-state index contributed by atoms with van der Waals surface area (Å²) in [7, 11) is 3.15. The number of benzene rings is 2. The fraction of sp³-hybridized carbons (Fsp3) is 0.300. The van der Waals surface area contributed by atoms with Gasteiger partial charge >= 0.3 is 0 Å². The van der Waals surface area contributed by atoms with E-state index in [0.717, 1.165) is 5.56 Å². The largest absolute Gasteiger partial charge is 0.497 e. The summed E-state index contributed by atoms with van der Waals surface area (Å²) in [6.45, 7) is 0.849. The van der Waals surface area contributed by atoms with E-state index >= 15 is 0 Å². The van der Waals surface area contributed by atoms with Crippen molar-refractivity contribution in [3.05, 3.63) is 54.1 Å². The Morgan fingerprint density at radius 1 is 0.963 bits per heavy atom. The maximum Gasteiger partial charge on any atom is 0.262 e. The van der Waals surface area contributed by atoms with Crippen LogP contribution >= 0.6 is 0 Å². The molecular weight excluding hydrogens is 348 g/mol. The van der Waals surface area contributed by atoms with Crippen molar-refractivity contribution in [3.63, 3.8) is 0 Å². The first-order valence-corrected chi connectivity index (χ1v) is 8.52. The molecule has 2 N–H and O–H groups in total. The first-order valence-electron chi connectivity index (χ1n) is 8.52. The fourth-order valence-corrected chi connectivity index (χ4v) is 2.28. The Bertz CT molecular complexity index is 746. The lowest BCUT2D eigenvalue weighted by atomic mass is 10.1. The van der Waals surface area contributed by atoms with Gasteiger partial charge in [-0.3, -0.25) is 9.59 Å².